The third-order valence-corrected chi connectivity index (χ3v) is 3.02. The molecule has 0 heterocycles. The number of hydrogen-bond donors (Lipinski definition) is 1. The highest BCUT2D eigenvalue weighted by Gasteiger charge is 2.15. The Morgan fingerprint density at radius 2 is 2.06 bits per heavy atom. The Kier molecular flexibility index (Phi) is 6.76. The third kappa shape index (κ3) is 4.67. The predicted molar refractivity (Wildman–Crippen MR) is 75.1 cm³/mol. The lowest BCUT2D eigenvalue weighted by Gasteiger charge is -2.23. The van der Waals surface area contributed by atoms with E-state index in [4.69, 9.17) is 9.47 Å². The number of ether oxygens (including phenoxy) is 2. The first-order valence-corrected chi connectivity index (χ1v) is 6.71. The van der Waals surface area contributed by atoms with Gasteiger partial charge in [-0.2, -0.15) is 0 Å². The van der Waals surface area contributed by atoms with Crippen molar-refractivity contribution in [2.75, 3.05) is 20.2 Å². The highest BCUT2D eigenvalue weighted by Crippen LogP contribution is 2.23. The highest BCUT2D eigenvalue weighted by molar-refractivity contribution is 5.30. The molecule has 0 radical (unpaired) electrons. The van der Waals surface area contributed by atoms with Crippen LogP contribution in [0, 0.1) is 0 Å². The average molecular weight is 251 g/mol. The Morgan fingerprint density at radius 3 is 2.67 bits per heavy atom. The molecule has 3 nitrogen and oxygen atoms in total. The van der Waals surface area contributed by atoms with E-state index in [2.05, 4.69) is 32.2 Å². The van der Waals surface area contributed by atoms with E-state index in [0.29, 0.717) is 0 Å². The Labute approximate surface area is 110 Å². The van der Waals surface area contributed by atoms with Crippen molar-refractivity contribution in [3.63, 3.8) is 0 Å². The monoisotopic (exact) mass is 251 g/mol. The van der Waals surface area contributed by atoms with Crippen LogP contribution < -0.4 is 10.1 Å². The molecular formula is C15H25NO2. The van der Waals surface area contributed by atoms with Crippen molar-refractivity contribution < 1.29 is 9.47 Å². The minimum atomic E-state index is 0.0787. The first-order valence-electron chi connectivity index (χ1n) is 6.71. The van der Waals surface area contributed by atoms with E-state index in [1.54, 1.807) is 7.11 Å². The van der Waals surface area contributed by atoms with Crippen LogP contribution in [0.3, 0.4) is 0 Å². The maximum absolute atomic E-state index is 6.07. The molecule has 0 bridgehead atoms. The molecule has 1 aromatic rings. The van der Waals surface area contributed by atoms with Gasteiger partial charge in [0, 0.05) is 6.54 Å². The normalized spacial score (nSPS) is 14.2. The predicted octanol–water partition coefficient (Wildman–Crippen LogP) is 3.16. The van der Waals surface area contributed by atoms with Gasteiger partial charge in [0.05, 0.1) is 19.3 Å². The van der Waals surface area contributed by atoms with E-state index in [1.165, 1.54) is 0 Å². The first kappa shape index (κ1) is 15.0. The van der Waals surface area contributed by atoms with E-state index in [-0.39, 0.29) is 12.2 Å². The number of methoxy groups -OCH3 is 1. The van der Waals surface area contributed by atoms with Crippen molar-refractivity contribution in [1.82, 2.24) is 5.32 Å². The quantitative estimate of drug-likeness (QED) is 0.770. The van der Waals surface area contributed by atoms with Gasteiger partial charge in [-0.05, 0) is 37.6 Å². The van der Waals surface area contributed by atoms with Gasteiger partial charge in [-0.15, -0.1) is 0 Å². The van der Waals surface area contributed by atoms with Crippen LogP contribution in [0.25, 0.3) is 0 Å². The average Bonchev–Trinajstić information content (AvgIpc) is 2.43. The molecule has 1 aromatic carbocycles. The summed E-state index contributed by atoms with van der Waals surface area (Å²) in [4.78, 5) is 0. The maximum atomic E-state index is 6.07. The molecule has 0 aliphatic rings. The van der Waals surface area contributed by atoms with Gasteiger partial charge in [0.2, 0.25) is 0 Å². The zero-order valence-corrected chi connectivity index (χ0v) is 11.9. The largest absolute Gasteiger partial charge is 0.497 e. The summed E-state index contributed by atoms with van der Waals surface area (Å²) in [7, 11) is 1.69. The Morgan fingerprint density at radius 1 is 1.28 bits per heavy atom. The zero-order chi connectivity index (χ0) is 13.4. The Hall–Kier alpha value is -1.06. The number of benzene rings is 1. The fourth-order valence-corrected chi connectivity index (χ4v) is 1.74. The van der Waals surface area contributed by atoms with Gasteiger partial charge in [0.25, 0.3) is 0 Å². The van der Waals surface area contributed by atoms with Crippen LogP contribution in [0.2, 0.25) is 0 Å². The van der Waals surface area contributed by atoms with Crippen molar-refractivity contribution in [2.45, 2.75) is 39.4 Å². The smallest absolute Gasteiger partial charge is 0.119 e. The topological polar surface area (TPSA) is 30.5 Å². The van der Waals surface area contributed by atoms with Crippen molar-refractivity contribution in [2.24, 2.45) is 0 Å². The van der Waals surface area contributed by atoms with Crippen molar-refractivity contribution in [1.29, 1.82) is 0 Å². The summed E-state index contributed by atoms with van der Waals surface area (Å²) in [6.45, 7) is 8.13. The Bertz CT molecular complexity index is 341. The molecule has 2 atom stereocenters. The van der Waals surface area contributed by atoms with Gasteiger partial charge in [-0.3, -0.25) is 0 Å². The second kappa shape index (κ2) is 8.11. The van der Waals surface area contributed by atoms with Crippen LogP contribution in [0.5, 0.6) is 5.75 Å². The minimum absolute atomic E-state index is 0.0787. The molecule has 0 aliphatic heterocycles. The molecule has 0 saturated carbocycles. The molecular weight excluding hydrogens is 226 g/mol. The SMILES string of the molecule is CCNCC(OC(C)CC)c1cccc(OC)c1. The zero-order valence-electron chi connectivity index (χ0n) is 11.9. The first-order chi connectivity index (χ1) is 8.71. The van der Waals surface area contributed by atoms with Crippen LogP contribution in [-0.4, -0.2) is 26.3 Å². The van der Waals surface area contributed by atoms with E-state index in [1.807, 2.05) is 18.2 Å². The van der Waals surface area contributed by atoms with Crippen LogP contribution in [0.4, 0.5) is 0 Å². The molecule has 0 saturated heterocycles. The number of hydrogen-bond acceptors (Lipinski definition) is 3. The van der Waals surface area contributed by atoms with Gasteiger partial charge >= 0.3 is 0 Å². The lowest BCUT2D eigenvalue weighted by atomic mass is 10.1. The highest BCUT2D eigenvalue weighted by atomic mass is 16.5. The molecule has 0 aliphatic carbocycles. The number of likely N-dealkylation sites (N-methyl/N-ethyl adjacent to an activating group) is 1. The number of rotatable bonds is 8. The fraction of sp³-hybridized carbons (Fsp3) is 0.600. The molecule has 3 heteroatoms. The van der Waals surface area contributed by atoms with Crippen LogP contribution in [0.1, 0.15) is 38.9 Å². The standard InChI is InChI=1S/C15H25NO2/c1-5-12(3)18-15(11-16-6-2)13-8-7-9-14(10-13)17-4/h7-10,12,15-16H,5-6,11H2,1-4H3. The molecule has 1 rings (SSSR count). The fourth-order valence-electron chi connectivity index (χ4n) is 1.74. The molecule has 2 unspecified atom stereocenters. The minimum Gasteiger partial charge on any atom is -0.497 e. The summed E-state index contributed by atoms with van der Waals surface area (Å²) in [5.74, 6) is 0.877. The summed E-state index contributed by atoms with van der Waals surface area (Å²) in [5.41, 5.74) is 1.16. The Balaban J connectivity index is 2.78. The van der Waals surface area contributed by atoms with E-state index >= 15 is 0 Å². The molecule has 0 aromatic heterocycles. The van der Waals surface area contributed by atoms with Crippen LogP contribution >= 0.6 is 0 Å². The molecule has 18 heavy (non-hydrogen) atoms. The van der Waals surface area contributed by atoms with Crippen molar-refractivity contribution in [3.8, 4) is 5.75 Å². The van der Waals surface area contributed by atoms with E-state index < -0.39 is 0 Å². The van der Waals surface area contributed by atoms with Crippen molar-refractivity contribution in [3.05, 3.63) is 29.8 Å². The van der Waals surface area contributed by atoms with Gasteiger partial charge in [-0.25, -0.2) is 0 Å². The van der Waals surface area contributed by atoms with Gasteiger partial charge in [-0.1, -0.05) is 26.0 Å². The summed E-state index contributed by atoms with van der Waals surface area (Å²) < 4.78 is 11.3. The number of nitrogens with one attached hydrogen (secondary N) is 1. The van der Waals surface area contributed by atoms with Gasteiger partial charge in [0.1, 0.15) is 5.75 Å². The molecule has 0 amide bonds. The summed E-state index contributed by atoms with van der Waals surface area (Å²) in [5, 5.41) is 3.35. The lowest BCUT2D eigenvalue weighted by molar-refractivity contribution is -0.00434. The second-order valence-corrected chi connectivity index (χ2v) is 4.43. The second-order valence-electron chi connectivity index (χ2n) is 4.43. The van der Waals surface area contributed by atoms with Gasteiger partial charge in [0.15, 0.2) is 0 Å². The van der Waals surface area contributed by atoms with E-state index in [9.17, 15) is 0 Å². The van der Waals surface area contributed by atoms with Crippen molar-refractivity contribution >= 4 is 0 Å². The third-order valence-electron chi connectivity index (χ3n) is 3.02. The molecule has 0 fully saturated rings. The lowest BCUT2D eigenvalue weighted by Crippen LogP contribution is -2.25. The maximum Gasteiger partial charge on any atom is 0.119 e. The summed E-state index contributed by atoms with van der Waals surface area (Å²) >= 11 is 0. The molecule has 1 N–H and O–H groups in total. The van der Waals surface area contributed by atoms with Crippen LogP contribution in [-0.2, 0) is 4.74 Å². The summed E-state index contributed by atoms with van der Waals surface area (Å²) in [6.07, 6.45) is 1.36. The van der Waals surface area contributed by atoms with Crippen LogP contribution in [0.15, 0.2) is 24.3 Å². The molecule has 102 valence electrons. The molecule has 0 spiro atoms. The van der Waals surface area contributed by atoms with E-state index in [0.717, 1.165) is 30.8 Å². The summed E-state index contributed by atoms with van der Waals surface area (Å²) in [6, 6.07) is 8.10. The van der Waals surface area contributed by atoms with Gasteiger partial charge < -0.3 is 14.8 Å².